The highest BCUT2D eigenvalue weighted by Crippen LogP contribution is 2.23. The van der Waals surface area contributed by atoms with E-state index in [4.69, 9.17) is 21.4 Å². The largest absolute Gasteiger partial charge is 0.483 e. The van der Waals surface area contributed by atoms with Crippen LogP contribution in [0.5, 0.6) is 5.75 Å². The Kier molecular flexibility index (Phi) is 5.63. The zero-order valence-corrected chi connectivity index (χ0v) is 11.5. The molecule has 1 aromatic carbocycles. The van der Waals surface area contributed by atoms with Crippen molar-refractivity contribution in [3.05, 3.63) is 28.8 Å². The first-order valence-corrected chi connectivity index (χ1v) is 6.26. The molecule has 6 heteroatoms. The molecule has 0 bridgehead atoms. The fraction of sp³-hybridized carbons (Fsp3) is 0.385. The van der Waals surface area contributed by atoms with Gasteiger partial charge in [-0.05, 0) is 31.5 Å². The second kappa shape index (κ2) is 6.99. The van der Waals surface area contributed by atoms with Gasteiger partial charge in [-0.3, -0.25) is 4.79 Å². The first kappa shape index (κ1) is 15.3. The molecule has 0 spiro atoms. The third-order valence-electron chi connectivity index (χ3n) is 2.55. The molecule has 0 fully saturated rings. The molecule has 1 aromatic rings. The smallest absolute Gasteiger partial charge is 0.339 e. The van der Waals surface area contributed by atoms with Crippen LogP contribution in [0.1, 0.15) is 30.6 Å². The molecule has 0 saturated carbocycles. The van der Waals surface area contributed by atoms with Crippen LogP contribution in [0, 0.1) is 0 Å². The Morgan fingerprint density at radius 3 is 2.74 bits per heavy atom. The maximum atomic E-state index is 11.5. The van der Waals surface area contributed by atoms with Gasteiger partial charge in [-0.1, -0.05) is 18.5 Å². The van der Waals surface area contributed by atoms with Crippen LogP contribution in [-0.2, 0) is 4.79 Å². The van der Waals surface area contributed by atoms with Crippen LogP contribution >= 0.6 is 11.6 Å². The molecule has 0 aliphatic heterocycles. The van der Waals surface area contributed by atoms with Crippen LogP contribution in [0.15, 0.2) is 18.2 Å². The van der Waals surface area contributed by atoms with Gasteiger partial charge in [0, 0.05) is 11.1 Å². The molecule has 1 rings (SSSR count). The van der Waals surface area contributed by atoms with Crippen molar-refractivity contribution in [2.24, 2.45) is 0 Å². The van der Waals surface area contributed by atoms with Crippen molar-refractivity contribution in [3.63, 3.8) is 0 Å². The first-order valence-electron chi connectivity index (χ1n) is 5.89. The van der Waals surface area contributed by atoms with Crippen LogP contribution in [0.25, 0.3) is 0 Å². The summed E-state index contributed by atoms with van der Waals surface area (Å²) in [5, 5.41) is 12.0. The minimum Gasteiger partial charge on any atom is -0.483 e. The van der Waals surface area contributed by atoms with E-state index >= 15 is 0 Å². The second-order valence-electron chi connectivity index (χ2n) is 4.11. The van der Waals surface area contributed by atoms with E-state index in [9.17, 15) is 9.59 Å². The second-order valence-corrected chi connectivity index (χ2v) is 4.55. The lowest BCUT2D eigenvalue weighted by Crippen LogP contribution is -2.35. The number of benzene rings is 1. The van der Waals surface area contributed by atoms with Crippen molar-refractivity contribution in [1.29, 1.82) is 0 Å². The highest BCUT2D eigenvalue weighted by Gasteiger charge is 2.13. The van der Waals surface area contributed by atoms with Gasteiger partial charge in [0.15, 0.2) is 6.61 Å². The lowest BCUT2D eigenvalue weighted by atomic mass is 10.2. The summed E-state index contributed by atoms with van der Waals surface area (Å²) in [5.74, 6) is -1.35. The summed E-state index contributed by atoms with van der Waals surface area (Å²) in [6, 6.07) is 4.22. The van der Waals surface area contributed by atoms with Gasteiger partial charge in [-0.25, -0.2) is 4.79 Å². The van der Waals surface area contributed by atoms with E-state index in [0.717, 1.165) is 6.42 Å². The predicted molar refractivity (Wildman–Crippen MR) is 71.8 cm³/mol. The van der Waals surface area contributed by atoms with Gasteiger partial charge >= 0.3 is 5.97 Å². The molecule has 2 N–H and O–H groups in total. The molecule has 1 atom stereocenters. The number of carboxylic acid groups (broad SMARTS) is 1. The van der Waals surface area contributed by atoms with Gasteiger partial charge in [0.1, 0.15) is 11.3 Å². The number of ether oxygens (including phenoxy) is 1. The highest BCUT2D eigenvalue weighted by molar-refractivity contribution is 6.30. The van der Waals surface area contributed by atoms with Crippen molar-refractivity contribution < 1.29 is 19.4 Å². The van der Waals surface area contributed by atoms with E-state index in [1.54, 1.807) is 0 Å². The molecule has 0 heterocycles. The average molecular weight is 286 g/mol. The van der Waals surface area contributed by atoms with Gasteiger partial charge in [0.2, 0.25) is 0 Å². The van der Waals surface area contributed by atoms with Crippen molar-refractivity contribution >= 4 is 23.5 Å². The maximum absolute atomic E-state index is 11.5. The van der Waals surface area contributed by atoms with Crippen molar-refractivity contribution in [1.82, 2.24) is 5.32 Å². The molecule has 0 unspecified atom stereocenters. The van der Waals surface area contributed by atoms with E-state index in [2.05, 4.69) is 5.32 Å². The first-order chi connectivity index (χ1) is 8.93. The van der Waals surface area contributed by atoms with Crippen LogP contribution in [0.2, 0.25) is 5.02 Å². The quantitative estimate of drug-likeness (QED) is 0.841. The normalized spacial score (nSPS) is 11.7. The number of nitrogens with one attached hydrogen (secondary N) is 1. The third kappa shape index (κ3) is 4.79. The number of hydrogen-bond donors (Lipinski definition) is 2. The number of hydrogen-bond acceptors (Lipinski definition) is 3. The Morgan fingerprint density at radius 1 is 1.47 bits per heavy atom. The zero-order chi connectivity index (χ0) is 14.4. The Hall–Kier alpha value is -1.75. The molecule has 104 valence electrons. The number of carbonyl (C=O) groups excluding carboxylic acids is 1. The Balaban J connectivity index is 2.69. The number of halogens is 1. The van der Waals surface area contributed by atoms with Gasteiger partial charge in [-0.2, -0.15) is 0 Å². The summed E-state index contributed by atoms with van der Waals surface area (Å²) in [6.45, 7) is 3.58. The molecular weight excluding hydrogens is 270 g/mol. The van der Waals surface area contributed by atoms with Crippen molar-refractivity contribution in [2.45, 2.75) is 26.3 Å². The maximum Gasteiger partial charge on any atom is 0.339 e. The van der Waals surface area contributed by atoms with Crippen molar-refractivity contribution in [2.75, 3.05) is 6.61 Å². The van der Waals surface area contributed by atoms with Gasteiger partial charge < -0.3 is 15.2 Å². The average Bonchev–Trinajstić information content (AvgIpc) is 2.35. The highest BCUT2D eigenvalue weighted by atomic mass is 35.5. The molecule has 0 aliphatic rings. The van der Waals surface area contributed by atoms with Gasteiger partial charge in [0.05, 0.1) is 0 Å². The fourth-order valence-corrected chi connectivity index (χ4v) is 1.52. The number of amides is 1. The molecule has 0 aromatic heterocycles. The number of aromatic carboxylic acids is 1. The van der Waals surface area contributed by atoms with Crippen molar-refractivity contribution in [3.8, 4) is 5.75 Å². The molecule has 0 radical (unpaired) electrons. The molecule has 0 aliphatic carbocycles. The minimum absolute atomic E-state index is 0.0271. The molecule has 1 amide bonds. The van der Waals surface area contributed by atoms with Crippen LogP contribution < -0.4 is 10.1 Å². The summed E-state index contributed by atoms with van der Waals surface area (Å²) < 4.78 is 5.21. The topological polar surface area (TPSA) is 75.6 Å². The lowest BCUT2D eigenvalue weighted by molar-refractivity contribution is -0.123. The molecular formula is C13H16ClNO4. The Morgan fingerprint density at radius 2 is 2.16 bits per heavy atom. The van der Waals surface area contributed by atoms with E-state index in [1.807, 2.05) is 13.8 Å². The van der Waals surface area contributed by atoms with E-state index in [0.29, 0.717) is 5.02 Å². The summed E-state index contributed by atoms with van der Waals surface area (Å²) in [5.41, 5.74) is -0.0271. The standard InChI is InChI=1S/C13H16ClNO4/c1-3-8(2)15-12(16)7-19-11-6-9(14)4-5-10(11)13(17)18/h4-6,8H,3,7H2,1-2H3,(H,15,16)(H,17,18)/t8-/m0/s1. The lowest BCUT2D eigenvalue weighted by Gasteiger charge is -2.13. The summed E-state index contributed by atoms with van der Waals surface area (Å²) in [6.07, 6.45) is 0.809. The predicted octanol–water partition coefficient (Wildman–Crippen LogP) is 2.33. The fourth-order valence-electron chi connectivity index (χ4n) is 1.35. The van der Waals surface area contributed by atoms with Crippen LogP contribution in [0.3, 0.4) is 0 Å². The van der Waals surface area contributed by atoms with Crippen LogP contribution in [0.4, 0.5) is 0 Å². The van der Waals surface area contributed by atoms with Crippen LogP contribution in [-0.4, -0.2) is 29.6 Å². The Labute approximate surface area is 116 Å². The zero-order valence-electron chi connectivity index (χ0n) is 10.8. The molecule has 0 saturated heterocycles. The summed E-state index contributed by atoms with van der Waals surface area (Å²) in [4.78, 5) is 22.5. The minimum atomic E-state index is -1.13. The number of carboxylic acids is 1. The summed E-state index contributed by atoms with van der Waals surface area (Å²) >= 11 is 5.77. The van der Waals surface area contributed by atoms with Gasteiger partial charge in [-0.15, -0.1) is 0 Å². The summed E-state index contributed by atoms with van der Waals surface area (Å²) in [7, 11) is 0. The van der Waals surface area contributed by atoms with E-state index < -0.39 is 5.97 Å². The molecule has 19 heavy (non-hydrogen) atoms. The van der Waals surface area contributed by atoms with Gasteiger partial charge in [0.25, 0.3) is 5.91 Å². The monoisotopic (exact) mass is 285 g/mol. The third-order valence-corrected chi connectivity index (χ3v) is 2.79. The van der Waals surface area contributed by atoms with E-state index in [-0.39, 0.29) is 29.9 Å². The molecule has 5 nitrogen and oxygen atoms in total. The number of rotatable bonds is 6. The Bertz CT molecular complexity index is 476. The SMILES string of the molecule is CC[C@H](C)NC(=O)COc1cc(Cl)ccc1C(=O)O. The van der Waals surface area contributed by atoms with E-state index in [1.165, 1.54) is 18.2 Å². The number of carbonyl (C=O) groups is 2.